The van der Waals surface area contributed by atoms with Gasteiger partial charge in [-0.15, -0.1) is 0 Å². The normalized spacial score (nSPS) is 26.7. The van der Waals surface area contributed by atoms with Gasteiger partial charge >= 0.3 is 12.1 Å². The lowest BCUT2D eigenvalue weighted by Crippen LogP contribution is -2.57. The van der Waals surface area contributed by atoms with Crippen LogP contribution in [0, 0.1) is 5.92 Å². The van der Waals surface area contributed by atoms with Crippen LogP contribution in [0.4, 0.5) is 4.79 Å². The average Bonchev–Trinajstić information content (AvgIpc) is 3.09. The highest BCUT2D eigenvalue weighted by molar-refractivity contribution is 5.69. The van der Waals surface area contributed by atoms with Crippen LogP contribution in [-0.4, -0.2) is 107 Å². The molecule has 2 unspecified atom stereocenters. The number of piperazine rings is 1. The third-order valence-electron chi connectivity index (χ3n) is 7.79. The van der Waals surface area contributed by atoms with Gasteiger partial charge < -0.3 is 19.6 Å². The Hall–Kier alpha value is -1.38. The molecule has 3 aliphatic heterocycles. The van der Waals surface area contributed by atoms with Crippen molar-refractivity contribution in [3.05, 3.63) is 0 Å². The van der Waals surface area contributed by atoms with Gasteiger partial charge in [0.05, 0.1) is 6.54 Å². The van der Waals surface area contributed by atoms with Gasteiger partial charge in [-0.25, -0.2) is 4.79 Å². The largest absolute Gasteiger partial charge is 0.481 e. The SMILES string of the molecule is CN1CC(N2CCN(CCCC(=O)O)CC2CCCCC2CCN(C(C)(C)C)CC2)OC1=O. The summed E-state index contributed by atoms with van der Waals surface area (Å²) in [4.78, 5) is 31.9. The predicted octanol–water partition coefficient (Wildman–Crippen LogP) is 3.32. The van der Waals surface area contributed by atoms with E-state index in [0.29, 0.717) is 19.0 Å². The van der Waals surface area contributed by atoms with Gasteiger partial charge in [-0.1, -0.05) is 19.3 Å². The van der Waals surface area contributed by atoms with Gasteiger partial charge in [-0.3, -0.25) is 14.6 Å². The van der Waals surface area contributed by atoms with E-state index < -0.39 is 5.97 Å². The maximum atomic E-state index is 11.9. The number of carbonyl (C=O) groups is 2. The Morgan fingerprint density at radius 2 is 1.73 bits per heavy atom. The number of likely N-dealkylation sites (N-methyl/N-ethyl adjacent to an activating group) is 1. The number of unbranched alkanes of at least 4 members (excludes halogenated alkanes) is 1. The summed E-state index contributed by atoms with van der Waals surface area (Å²) in [6, 6.07) is 0.357. The average molecular weight is 467 g/mol. The van der Waals surface area contributed by atoms with Crippen LogP contribution >= 0.6 is 0 Å². The van der Waals surface area contributed by atoms with Crippen molar-refractivity contribution in [1.29, 1.82) is 0 Å². The van der Waals surface area contributed by atoms with Crippen molar-refractivity contribution in [2.24, 2.45) is 5.92 Å². The number of carboxylic acid groups (broad SMARTS) is 1. The standard InChI is InChI=1S/C25H46N4O4/c1-25(2,3)28-14-11-20(12-15-28)8-5-6-9-21-18-27(13-7-10-23(30)31)16-17-29(21)22-19-26(4)24(32)33-22/h20-22H,5-19H2,1-4H3,(H,30,31). The Morgan fingerprint density at radius 1 is 1.03 bits per heavy atom. The van der Waals surface area contributed by atoms with Crippen LogP contribution in [0.1, 0.15) is 72.1 Å². The molecule has 0 aromatic rings. The molecular formula is C25H46N4O4. The van der Waals surface area contributed by atoms with Gasteiger partial charge in [0.25, 0.3) is 0 Å². The fraction of sp³-hybridized carbons (Fsp3) is 0.920. The minimum Gasteiger partial charge on any atom is -0.481 e. The molecule has 2 atom stereocenters. The number of carboxylic acids is 1. The van der Waals surface area contributed by atoms with Crippen molar-refractivity contribution >= 4 is 12.1 Å². The molecule has 0 saturated carbocycles. The molecule has 0 aromatic carbocycles. The number of hydrogen-bond donors (Lipinski definition) is 1. The lowest BCUT2D eigenvalue weighted by atomic mass is 9.88. The van der Waals surface area contributed by atoms with Crippen molar-refractivity contribution in [3.8, 4) is 0 Å². The summed E-state index contributed by atoms with van der Waals surface area (Å²) in [6.07, 6.45) is 8.03. The predicted molar refractivity (Wildman–Crippen MR) is 129 cm³/mol. The lowest BCUT2D eigenvalue weighted by Gasteiger charge is -2.43. The lowest BCUT2D eigenvalue weighted by molar-refractivity contribution is -0.137. The summed E-state index contributed by atoms with van der Waals surface area (Å²) in [7, 11) is 1.80. The zero-order valence-electron chi connectivity index (χ0n) is 21.3. The van der Waals surface area contributed by atoms with Crippen LogP contribution in [-0.2, 0) is 9.53 Å². The molecule has 3 fully saturated rings. The molecule has 8 nitrogen and oxygen atoms in total. The number of piperidine rings is 1. The zero-order valence-corrected chi connectivity index (χ0v) is 21.3. The minimum atomic E-state index is -0.723. The number of ether oxygens (including phenoxy) is 1. The van der Waals surface area contributed by atoms with Gasteiger partial charge in [0, 0.05) is 44.7 Å². The molecular weight excluding hydrogens is 420 g/mol. The second kappa shape index (κ2) is 11.8. The van der Waals surface area contributed by atoms with Crippen LogP contribution in [0.15, 0.2) is 0 Å². The first-order valence-electron chi connectivity index (χ1n) is 13.0. The molecule has 8 heteroatoms. The second-order valence-corrected chi connectivity index (χ2v) is 11.3. The van der Waals surface area contributed by atoms with E-state index in [2.05, 4.69) is 35.5 Å². The third-order valence-corrected chi connectivity index (χ3v) is 7.79. The molecule has 0 bridgehead atoms. The Morgan fingerprint density at radius 3 is 2.33 bits per heavy atom. The van der Waals surface area contributed by atoms with Crippen LogP contribution in [0.25, 0.3) is 0 Å². The zero-order chi connectivity index (χ0) is 24.0. The van der Waals surface area contributed by atoms with Crippen molar-refractivity contribution in [2.75, 3.05) is 52.9 Å². The summed E-state index contributed by atoms with van der Waals surface area (Å²) in [5.41, 5.74) is 0.281. The number of hydrogen-bond acceptors (Lipinski definition) is 6. The maximum absolute atomic E-state index is 11.9. The summed E-state index contributed by atoms with van der Waals surface area (Å²) in [5.74, 6) is 0.127. The number of likely N-dealkylation sites (tertiary alicyclic amines) is 1. The van der Waals surface area contributed by atoms with Gasteiger partial charge in [-0.05, 0) is 72.0 Å². The summed E-state index contributed by atoms with van der Waals surface area (Å²) in [5, 5.41) is 8.95. The van der Waals surface area contributed by atoms with E-state index in [1.165, 1.54) is 45.2 Å². The van der Waals surface area contributed by atoms with E-state index in [9.17, 15) is 9.59 Å². The molecule has 0 aliphatic carbocycles. The number of nitrogens with zero attached hydrogens (tertiary/aromatic N) is 4. The molecule has 3 rings (SSSR count). The molecule has 33 heavy (non-hydrogen) atoms. The monoisotopic (exact) mass is 466 g/mol. The Bertz CT molecular complexity index is 645. The Labute approximate surface area is 200 Å². The van der Waals surface area contributed by atoms with Crippen LogP contribution < -0.4 is 0 Å². The fourth-order valence-corrected chi connectivity index (χ4v) is 5.66. The highest BCUT2D eigenvalue weighted by atomic mass is 16.6. The number of amides is 1. The minimum absolute atomic E-state index is 0.157. The summed E-state index contributed by atoms with van der Waals surface area (Å²) >= 11 is 0. The topological polar surface area (TPSA) is 76.6 Å². The van der Waals surface area contributed by atoms with E-state index in [1.807, 2.05) is 0 Å². The quantitative estimate of drug-likeness (QED) is 0.495. The molecule has 0 radical (unpaired) electrons. The third kappa shape index (κ3) is 7.82. The van der Waals surface area contributed by atoms with Crippen molar-refractivity contribution in [1.82, 2.24) is 19.6 Å². The number of carbonyl (C=O) groups excluding carboxylic acids is 1. The maximum Gasteiger partial charge on any atom is 0.411 e. The molecule has 3 aliphatic rings. The van der Waals surface area contributed by atoms with E-state index >= 15 is 0 Å². The van der Waals surface area contributed by atoms with Crippen LogP contribution in [0.2, 0.25) is 0 Å². The van der Waals surface area contributed by atoms with Crippen LogP contribution in [0.3, 0.4) is 0 Å². The number of aliphatic carboxylic acids is 1. The molecule has 3 saturated heterocycles. The van der Waals surface area contributed by atoms with Crippen molar-refractivity contribution in [3.63, 3.8) is 0 Å². The summed E-state index contributed by atoms with van der Waals surface area (Å²) < 4.78 is 5.64. The Kier molecular flexibility index (Phi) is 9.42. The van der Waals surface area contributed by atoms with Crippen LogP contribution in [0.5, 0.6) is 0 Å². The first kappa shape index (κ1) is 26.2. The fourth-order valence-electron chi connectivity index (χ4n) is 5.66. The van der Waals surface area contributed by atoms with Gasteiger partial charge in [0.15, 0.2) is 6.23 Å². The molecule has 3 heterocycles. The Balaban J connectivity index is 1.45. The van der Waals surface area contributed by atoms with Gasteiger partial charge in [0.2, 0.25) is 0 Å². The molecule has 1 N–H and O–H groups in total. The molecule has 190 valence electrons. The van der Waals surface area contributed by atoms with Crippen molar-refractivity contribution < 1.29 is 19.4 Å². The van der Waals surface area contributed by atoms with Gasteiger partial charge in [-0.2, -0.15) is 0 Å². The molecule has 0 aromatic heterocycles. The van der Waals surface area contributed by atoms with E-state index in [4.69, 9.17) is 9.84 Å². The number of rotatable bonds is 10. The smallest absolute Gasteiger partial charge is 0.411 e. The molecule has 0 spiro atoms. The van der Waals surface area contributed by atoms with Gasteiger partial charge in [0.1, 0.15) is 0 Å². The summed E-state index contributed by atoms with van der Waals surface area (Å²) in [6.45, 7) is 13.5. The van der Waals surface area contributed by atoms with E-state index in [0.717, 1.165) is 38.5 Å². The second-order valence-electron chi connectivity index (χ2n) is 11.3. The highest BCUT2D eigenvalue weighted by Gasteiger charge is 2.39. The number of cyclic esters (lactones) is 1. The molecule has 1 amide bonds. The van der Waals surface area contributed by atoms with E-state index in [-0.39, 0.29) is 24.3 Å². The van der Waals surface area contributed by atoms with Crippen molar-refractivity contribution in [2.45, 2.75) is 89.9 Å². The van der Waals surface area contributed by atoms with E-state index in [1.54, 1.807) is 11.9 Å². The first-order valence-corrected chi connectivity index (χ1v) is 13.0. The first-order chi connectivity index (χ1) is 15.6. The highest BCUT2D eigenvalue weighted by Crippen LogP contribution is 2.28.